The monoisotopic (exact) mass is 223 g/mol. The first-order valence-corrected chi connectivity index (χ1v) is 6.41. The van der Waals surface area contributed by atoms with E-state index in [0.29, 0.717) is 6.04 Å². The molecule has 0 saturated heterocycles. The smallest absolute Gasteiger partial charge is 0.109 e. The fraction of sp³-hybridized carbons (Fsp3) is 0.500. The van der Waals surface area contributed by atoms with Crippen LogP contribution in [0.1, 0.15) is 18.9 Å². The van der Waals surface area contributed by atoms with Crippen molar-refractivity contribution in [2.24, 2.45) is 0 Å². The average Bonchev–Trinajstić information content (AvgIpc) is 2.89. The number of ether oxygens (including phenoxy) is 1. The lowest BCUT2D eigenvalue weighted by Crippen LogP contribution is -2.33. The third-order valence-electron chi connectivity index (χ3n) is 2.55. The van der Waals surface area contributed by atoms with Crippen molar-refractivity contribution in [2.75, 3.05) is 13.2 Å². The average molecular weight is 223 g/mol. The molecular formula is C12H17NOS. The van der Waals surface area contributed by atoms with Gasteiger partial charge in [-0.05, 0) is 41.4 Å². The van der Waals surface area contributed by atoms with Crippen LogP contribution in [0.5, 0.6) is 0 Å². The highest BCUT2D eigenvalue weighted by molar-refractivity contribution is 7.07. The van der Waals surface area contributed by atoms with Gasteiger partial charge in [-0.3, -0.25) is 0 Å². The van der Waals surface area contributed by atoms with Crippen LogP contribution in [0.4, 0.5) is 0 Å². The van der Waals surface area contributed by atoms with Gasteiger partial charge in [0.25, 0.3) is 0 Å². The fourth-order valence-electron chi connectivity index (χ4n) is 1.84. The van der Waals surface area contributed by atoms with E-state index in [4.69, 9.17) is 4.74 Å². The molecule has 0 fully saturated rings. The van der Waals surface area contributed by atoms with Crippen LogP contribution in [0.3, 0.4) is 0 Å². The SMILES string of the molecule is CCNC(Cc1ccsc1)C1=CCCO1. The summed E-state index contributed by atoms with van der Waals surface area (Å²) in [6, 6.07) is 2.54. The van der Waals surface area contributed by atoms with Gasteiger partial charge in [0.05, 0.1) is 12.6 Å². The minimum atomic E-state index is 0.354. The predicted molar refractivity (Wildman–Crippen MR) is 64.1 cm³/mol. The molecule has 1 unspecified atom stereocenters. The topological polar surface area (TPSA) is 21.3 Å². The van der Waals surface area contributed by atoms with Crippen LogP contribution in [0, 0.1) is 0 Å². The van der Waals surface area contributed by atoms with E-state index in [9.17, 15) is 0 Å². The number of thiophene rings is 1. The maximum absolute atomic E-state index is 5.62. The van der Waals surface area contributed by atoms with Crippen LogP contribution < -0.4 is 5.32 Å². The molecule has 1 atom stereocenters. The Hall–Kier alpha value is -0.800. The summed E-state index contributed by atoms with van der Waals surface area (Å²) in [5.41, 5.74) is 1.39. The molecule has 0 spiro atoms. The Bertz CT molecular complexity index is 318. The summed E-state index contributed by atoms with van der Waals surface area (Å²) >= 11 is 1.75. The van der Waals surface area contributed by atoms with E-state index in [2.05, 4.69) is 35.1 Å². The van der Waals surface area contributed by atoms with E-state index in [1.807, 2.05) is 0 Å². The van der Waals surface area contributed by atoms with E-state index in [1.54, 1.807) is 11.3 Å². The normalized spacial score (nSPS) is 17.3. The summed E-state index contributed by atoms with van der Waals surface area (Å²) in [6.07, 6.45) is 4.30. The van der Waals surface area contributed by atoms with Gasteiger partial charge < -0.3 is 10.1 Å². The molecule has 1 aliphatic heterocycles. The fourth-order valence-corrected chi connectivity index (χ4v) is 2.53. The molecule has 1 N–H and O–H groups in total. The van der Waals surface area contributed by atoms with Gasteiger partial charge in [0.2, 0.25) is 0 Å². The Labute approximate surface area is 95.0 Å². The lowest BCUT2D eigenvalue weighted by Gasteiger charge is -2.18. The molecular weight excluding hydrogens is 206 g/mol. The van der Waals surface area contributed by atoms with Crippen LogP contribution in [-0.4, -0.2) is 19.2 Å². The zero-order valence-corrected chi connectivity index (χ0v) is 9.85. The van der Waals surface area contributed by atoms with Crippen LogP contribution in [0.15, 0.2) is 28.7 Å². The maximum Gasteiger partial charge on any atom is 0.109 e. The quantitative estimate of drug-likeness (QED) is 0.828. The lowest BCUT2D eigenvalue weighted by molar-refractivity contribution is 0.215. The van der Waals surface area contributed by atoms with E-state index in [1.165, 1.54) is 5.56 Å². The molecule has 0 radical (unpaired) electrons. The number of rotatable bonds is 5. The van der Waals surface area contributed by atoms with E-state index in [-0.39, 0.29) is 0 Å². The number of hydrogen-bond acceptors (Lipinski definition) is 3. The van der Waals surface area contributed by atoms with Gasteiger partial charge in [-0.2, -0.15) is 11.3 Å². The van der Waals surface area contributed by atoms with Crippen molar-refractivity contribution in [1.82, 2.24) is 5.32 Å². The van der Waals surface area contributed by atoms with Crippen molar-refractivity contribution >= 4 is 11.3 Å². The molecule has 0 saturated carbocycles. The van der Waals surface area contributed by atoms with Gasteiger partial charge in [0, 0.05) is 6.42 Å². The molecule has 2 heterocycles. The van der Waals surface area contributed by atoms with Gasteiger partial charge in [0.1, 0.15) is 5.76 Å². The maximum atomic E-state index is 5.62. The van der Waals surface area contributed by atoms with E-state index < -0.39 is 0 Å². The highest BCUT2D eigenvalue weighted by Crippen LogP contribution is 2.18. The summed E-state index contributed by atoms with van der Waals surface area (Å²) in [5, 5.41) is 7.81. The highest BCUT2D eigenvalue weighted by atomic mass is 32.1. The van der Waals surface area contributed by atoms with Crippen molar-refractivity contribution in [2.45, 2.75) is 25.8 Å². The second kappa shape index (κ2) is 5.33. The second-order valence-corrected chi connectivity index (χ2v) is 4.47. The molecule has 1 aromatic rings. The summed E-state index contributed by atoms with van der Waals surface area (Å²) in [4.78, 5) is 0. The summed E-state index contributed by atoms with van der Waals surface area (Å²) in [7, 11) is 0. The van der Waals surface area contributed by atoms with Gasteiger partial charge in [-0.25, -0.2) is 0 Å². The Morgan fingerprint density at radius 1 is 1.60 bits per heavy atom. The van der Waals surface area contributed by atoms with Crippen LogP contribution in [0.2, 0.25) is 0 Å². The standard InChI is InChI=1S/C12H17NOS/c1-2-13-11(12-4-3-6-14-12)8-10-5-7-15-9-10/h4-5,7,9,11,13H,2-3,6,8H2,1H3. The largest absolute Gasteiger partial charge is 0.496 e. The summed E-state index contributed by atoms with van der Waals surface area (Å²) < 4.78 is 5.62. The molecule has 0 bridgehead atoms. The van der Waals surface area contributed by atoms with Crippen molar-refractivity contribution in [3.8, 4) is 0 Å². The van der Waals surface area contributed by atoms with Gasteiger partial charge in [-0.15, -0.1) is 0 Å². The van der Waals surface area contributed by atoms with Gasteiger partial charge in [0.15, 0.2) is 0 Å². The van der Waals surface area contributed by atoms with E-state index >= 15 is 0 Å². The molecule has 15 heavy (non-hydrogen) atoms. The van der Waals surface area contributed by atoms with Crippen molar-refractivity contribution in [1.29, 1.82) is 0 Å². The molecule has 0 aliphatic carbocycles. The van der Waals surface area contributed by atoms with Gasteiger partial charge >= 0.3 is 0 Å². The van der Waals surface area contributed by atoms with Crippen LogP contribution >= 0.6 is 11.3 Å². The highest BCUT2D eigenvalue weighted by Gasteiger charge is 2.18. The first-order valence-electron chi connectivity index (χ1n) is 5.47. The van der Waals surface area contributed by atoms with Gasteiger partial charge in [-0.1, -0.05) is 6.92 Å². The summed E-state index contributed by atoms with van der Waals surface area (Å²) in [6.45, 7) is 3.96. The van der Waals surface area contributed by atoms with Crippen molar-refractivity contribution in [3.05, 3.63) is 34.2 Å². The molecule has 3 heteroatoms. The molecule has 0 aromatic carbocycles. The Morgan fingerprint density at radius 3 is 3.13 bits per heavy atom. The molecule has 2 rings (SSSR count). The minimum absolute atomic E-state index is 0.354. The molecule has 82 valence electrons. The number of nitrogens with one attached hydrogen (secondary N) is 1. The molecule has 1 aromatic heterocycles. The zero-order chi connectivity index (χ0) is 10.5. The number of likely N-dealkylation sites (N-methyl/N-ethyl adjacent to an activating group) is 1. The Balaban J connectivity index is 1.99. The van der Waals surface area contributed by atoms with Crippen LogP contribution in [0.25, 0.3) is 0 Å². The third kappa shape index (κ3) is 2.83. The lowest BCUT2D eigenvalue weighted by atomic mass is 10.1. The minimum Gasteiger partial charge on any atom is -0.496 e. The predicted octanol–water partition coefficient (Wildman–Crippen LogP) is 2.57. The van der Waals surface area contributed by atoms with Crippen LogP contribution in [-0.2, 0) is 11.2 Å². The van der Waals surface area contributed by atoms with Crippen molar-refractivity contribution in [3.63, 3.8) is 0 Å². The Kier molecular flexibility index (Phi) is 3.80. The zero-order valence-electron chi connectivity index (χ0n) is 9.03. The molecule has 2 nitrogen and oxygen atoms in total. The first kappa shape index (κ1) is 10.7. The summed E-state index contributed by atoms with van der Waals surface area (Å²) in [5.74, 6) is 1.13. The second-order valence-electron chi connectivity index (χ2n) is 3.69. The first-order chi connectivity index (χ1) is 7.40. The van der Waals surface area contributed by atoms with E-state index in [0.717, 1.165) is 31.8 Å². The number of hydrogen-bond donors (Lipinski definition) is 1. The van der Waals surface area contributed by atoms with Crippen molar-refractivity contribution < 1.29 is 4.74 Å². The third-order valence-corrected chi connectivity index (χ3v) is 3.28. The molecule has 0 amide bonds. The Morgan fingerprint density at radius 2 is 2.53 bits per heavy atom. The molecule has 1 aliphatic rings.